The second kappa shape index (κ2) is 6.28. The van der Waals surface area contributed by atoms with Gasteiger partial charge in [0.15, 0.2) is 0 Å². The lowest BCUT2D eigenvalue weighted by Gasteiger charge is -2.11. The van der Waals surface area contributed by atoms with Gasteiger partial charge in [-0.1, -0.05) is 18.3 Å². The number of rotatable bonds is 5. The maximum atomic E-state index is 11.6. The van der Waals surface area contributed by atoms with Crippen molar-refractivity contribution in [3.8, 4) is 0 Å². The zero-order valence-electron chi connectivity index (χ0n) is 10.8. The average molecular weight is 280 g/mol. The fourth-order valence-corrected chi connectivity index (χ4v) is 2.02. The molecule has 2 heterocycles. The van der Waals surface area contributed by atoms with Crippen LogP contribution >= 0.6 is 11.5 Å². The van der Waals surface area contributed by atoms with Crippen molar-refractivity contribution in [3.05, 3.63) is 24.4 Å². The fraction of sp³-hybridized carbons (Fsp3) is 0.455. The maximum absolute atomic E-state index is 11.6. The summed E-state index contributed by atoms with van der Waals surface area (Å²) in [6.07, 6.45) is 5.05. The van der Waals surface area contributed by atoms with E-state index in [0.29, 0.717) is 17.5 Å². The van der Waals surface area contributed by atoms with Gasteiger partial charge in [-0.3, -0.25) is 5.32 Å². The second-order valence-electron chi connectivity index (χ2n) is 4.52. The molecular weight excluding hydrogens is 264 g/mol. The summed E-state index contributed by atoms with van der Waals surface area (Å²) in [5.41, 5.74) is 0.978. The van der Waals surface area contributed by atoms with Crippen molar-refractivity contribution in [2.75, 3.05) is 5.32 Å². The number of nitrogens with one attached hydrogen (secondary N) is 2. The minimum atomic E-state index is -0.275. The molecule has 8 heteroatoms. The molecule has 19 heavy (non-hydrogen) atoms. The lowest BCUT2D eigenvalue weighted by atomic mass is 10.2. The van der Waals surface area contributed by atoms with E-state index in [-0.39, 0.29) is 6.03 Å². The van der Waals surface area contributed by atoms with Crippen LogP contribution in [0.2, 0.25) is 0 Å². The minimum Gasteiger partial charge on any atom is -0.333 e. The highest BCUT2D eigenvalue weighted by Gasteiger charge is 2.07. The van der Waals surface area contributed by atoms with Crippen LogP contribution in [-0.4, -0.2) is 25.2 Å². The van der Waals surface area contributed by atoms with Crippen LogP contribution in [0.25, 0.3) is 0 Å². The molecule has 0 spiro atoms. The molecule has 0 atom stereocenters. The van der Waals surface area contributed by atoms with E-state index in [2.05, 4.69) is 39.1 Å². The molecule has 2 rings (SSSR count). The number of carbonyl (C=O) groups is 1. The standard InChI is InChI=1S/C11H16N6OS/c1-8(2)6-17-7-12-3-9(17)4-13-11(18)15-10-5-14-16-19-10/h3,5,7-8H,4,6H2,1-2H3,(H2,13,15,18). The molecule has 102 valence electrons. The first kappa shape index (κ1) is 13.5. The fourth-order valence-electron chi connectivity index (χ4n) is 1.60. The van der Waals surface area contributed by atoms with Gasteiger partial charge in [0, 0.05) is 24.3 Å². The van der Waals surface area contributed by atoms with Gasteiger partial charge in [-0.05, 0) is 5.92 Å². The number of anilines is 1. The summed E-state index contributed by atoms with van der Waals surface area (Å²) in [5.74, 6) is 0.532. The van der Waals surface area contributed by atoms with Crippen molar-refractivity contribution in [1.82, 2.24) is 24.5 Å². The Morgan fingerprint density at radius 2 is 2.32 bits per heavy atom. The Hall–Kier alpha value is -1.96. The zero-order valence-corrected chi connectivity index (χ0v) is 11.6. The lowest BCUT2D eigenvalue weighted by Crippen LogP contribution is -2.28. The number of urea groups is 1. The molecule has 0 aliphatic heterocycles. The molecule has 2 aromatic heterocycles. The molecule has 0 aliphatic carbocycles. The largest absolute Gasteiger partial charge is 0.333 e. The van der Waals surface area contributed by atoms with Crippen LogP contribution < -0.4 is 10.6 Å². The Bertz CT molecular complexity index is 521. The summed E-state index contributed by atoms with van der Waals surface area (Å²) in [6.45, 7) is 5.60. The Morgan fingerprint density at radius 3 is 3.00 bits per heavy atom. The summed E-state index contributed by atoms with van der Waals surface area (Å²) in [4.78, 5) is 15.7. The van der Waals surface area contributed by atoms with Crippen LogP contribution in [0.5, 0.6) is 0 Å². The first-order valence-corrected chi connectivity index (χ1v) is 6.73. The van der Waals surface area contributed by atoms with E-state index in [0.717, 1.165) is 23.8 Å². The summed E-state index contributed by atoms with van der Waals surface area (Å²) in [6, 6.07) is -0.275. The van der Waals surface area contributed by atoms with Crippen LogP contribution in [0.15, 0.2) is 18.7 Å². The van der Waals surface area contributed by atoms with Gasteiger partial charge in [-0.25, -0.2) is 9.78 Å². The predicted octanol–water partition coefficient (Wildman–Crippen LogP) is 1.71. The monoisotopic (exact) mass is 280 g/mol. The summed E-state index contributed by atoms with van der Waals surface area (Å²) in [7, 11) is 0. The van der Waals surface area contributed by atoms with E-state index in [4.69, 9.17) is 0 Å². The van der Waals surface area contributed by atoms with Gasteiger partial charge in [-0.2, -0.15) is 0 Å². The molecule has 0 saturated heterocycles. The highest BCUT2D eigenvalue weighted by atomic mass is 32.1. The number of carbonyl (C=O) groups excluding carboxylic acids is 1. The van der Waals surface area contributed by atoms with Crippen LogP contribution in [0, 0.1) is 5.92 Å². The Labute approximate surface area is 115 Å². The van der Waals surface area contributed by atoms with Crippen molar-refractivity contribution >= 4 is 22.6 Å². The van der Waals surface area contributed by atoms with Crippen molar-refractivity contribution < 1.29 is 4.79 Å². The number of amides is 2. The summed E-state index contributed by atoms with van der Waals surface area (Å²) in [5, 5.41) is 9.70. The van der Waals surface area contributed by atoms with E-state index in [9.17, 15) is 4.79 Å². The van der Waals surface area contributed by atoms with E-state index < -0.39 is 0 Å². The molecule has 0 saturated carbocycles. The molecule has 2 aromatic rings. The van der Waals surface area contributed by atoms with Crippen molar-refractivity contribution in [1.29, 1.82) is 0 Å². The van der Waals surface area contributed by atoms with E-state index in [1.165, 1.54) is 6.20 Å². The molecule has 2 N–H and O–H groups in total. The minimum absolute atomic E-state index is 0.275. The van der Waals surface area contributed by atoms with Gasteiger partial charge < -0.3 is 9.88 Å². The predicted molar refractivity (Wildman–Crippen MR) is 72.8 cm³/mol. The highest BCUT2D eigenvalue weighted by Crippen LogP contribution is 2.09. The second-order valence-corrected chi connectivity index (χ2v) is 5.31. The smallest absolute Gasteiger partial charge is 0.320 e. The molecular formula is C11H16N6OS. The number of hydrogen-bond acceptors (Lipinski definition) is 5. The molecule has 0 aliphatic rings. The van der Waals surface area contributed by atoms with Crippen molar-refractivity contribution in [3.63, 3.8) is 0 Å². The van der Waals surface area contributed by atoms with Gasteiger partial charge in [0.05, 0.1) is 24.8 Å². The number of nitrogens with zero attached hydrogens (tertiary/aromatic N) is 4. The number of imidazole rings is 1. The van der Waals surface area contributed by atoms with Crippen molar-refractivity contribution in [2.45, 2.75) is 26.9 Å². The van der Waals surface area contributed by atoms with Crippen LogP contribution in [-0.2, 0) is 13.1 Å². The maximum Gasteiger partial charge on any atom is 0.320 e. The molecule has 0 fully saturated rings. The quantitative estimate of drug-likeness (QED) is 0.873. The first-order chi connectivity index (χ1) is 9.15. The topological polar surface area (TPSA) is 84.7 Å². The van der Waals surface area contributed by atoms with E-state index >= 15 is 0 Å². The van der Waals surface area contributed by atoms with Crippen molar-refractivity contribution in [2.24, 2.45) is 5.92 Å². The Morgan fingerprint density at radius 1 is 1.47 bits per heavy atom. The summed E-state index contributed by atoms with van der Waals surface area (Å²) < 4.78 is 5.71. The lowest BCUT2D eigenvalue weighted by molar-refractivity contribution is 0.251. The normalized spacial score (nSPS) is 10.7. The molecule has 0 bridgehead atoms. The SMILES string of the molecule is CC(C)Cn1cncc1CNC(=O)Nc1cnns1. The molecule has 2 amide bonds. The van der Waals surface area contributed by atoms with Gasteiger partial charge in [0.2, 0.25) is 0 Å². The van der Waals surface area contributed by atoms with Crippen LogP contribution in [0.3, 0.4) is 0 Å². The average Bonchev–Trinajstić information content (AvgIpc) is 2.97. The summed E-state index contributed by atoms with van der Waals surface area (Å²) >= 11 is 1.14. The van der Waals surface area contributed by atoms with E-state index in [1.807, 2.05) is 4.57 Å². The first-order valence-electron chi connectivity index (χ1n) is 5.96. The molecule has 0 radical (unpaired) electrons. The van der Waals surface area contributed by atoms with Gasteiger partial charge in [-0.15, -0.1) is 5.10 Å². The number of hydrogen-bond donors (Lipinski definition) is 2. The van der Waals surface area contributed by atoms with Gasteiger partial charge >= 0.3 is 6.03 Å². The Balaban J connectivity index is 1.85. The van der Waals surface area contributed by atoms with Crippen LogP contribution in [0.4, 0.5) is 9.80 Å². The van der Waals surface area contributed by atoms with E-state index in [1.54, 1.807) is 12.5 Å². The van der Waals surface area contributed by atoms with Crippen LogP contribution in [0.1, 0.15) is 19.5 Å². The zero-order chi connectivity index (χ0) is 13.7. The third-order valence-electron chi connectivity index (χ3n) is 2.39. The van der Waals surface area contributed by atoms with Gasteiger partial charge in [0.1, 0.15) is 5.00 Å². The molecule has 0 aromatic carbocycles. The third-order valence-corrected chi connectivity index (χ3v) is 2.97. The Kier molecular flexibility index (Phi) is 4.45. The molecule has 0 unspecified atom stereocenters. The number of aromatic nitrogens is 4. The van der Waals surface area contributed by atoms with Gasteiger partial charge in [0.25, 0.3) is 0 Å². The third kappa shape index (κ3) is 4.02. The molecule has 7 nitrogen and oxygen atoms in total. The highest BCUT2D eigenvalue weighted by molar-refractivity contribution is 7.10.